The van der Waals surface area contributed by atoms with Gasteiger partial charge in [0.1, 0.15) is 5.03 Å². The van der Waals surface area contributed by atoms with Gasteiger partial charge in [-0.2, -0.15) is 8.78 Å². The Morgan fingerprint density at radius 2 is 1.93 bits per heavy atom. The summed E-state index contributed by atoms with van der Waals surface area (Å²) in [6, 6.07) is 10.1. The van der Waals surface area contributed by atoms with Gasteiger partial charge in [-0.25, -0.2) is 4.98 Å². The Morgan fingerprint density at radius 1 is 1.14 bits per heavy atom. The first-order chi connectivity index (χ1) is 13.5. The molecule has 2 heterocycles. The number of carbonyl (C=O) groups is 2. The van der Waals surface area contributed by atoms with Crippen molar-refractivity contribution in [3.63, 3.8) is 0 Å². The number of nitrogens with one attached hydrogen (secondary N) is 1. The summed E-state index contributed by atoms with van der Waals surface area (Å²) >= 11 is 0.242. The summed E-state index contributed by atoms with van der Waals surface area (Å²) < 4.78 is 25.3. The quantitative estimate of drug-likeness (QED) is 0.739. The van der Waals surface area contributed by atoms with Crippen molar-refractivity contribution in [2.24, 2.45) is 0 Å². The molecule has 0 unspecified atom stereocenters. The lowest BCUT2D eigenvalue weighted by molar-refractivity contribution is 0.0724. The van der Waals surface area contributed by atoms with E-state index in [1.54, 1.807) is 18.2 Å². The first-order valence-corrected chi connectivity index (χ1v) is 9.99. The van der Waals surface area contributed by atoms with E-state index in [2.05, 4.69) is 10.3 Å². The second-order valence-electron chi connectivity index (χ2n) is 6.47. The second-order valence-corrected chi connectivity index (χ2v) is 7.45. The fourth-order valence-corrected chi connectivity index (χ4v) is 3.69. The van der Waals surface area contributed by atoms with Crippen LogP contribution in [0.4, 0.5) is 8.78 Å². The van der Waals surface area contributed by atoms with Crippen molar-refractivity contribution in [2.75, 3.05) is 13.1 Å². The number of rotatable bonds is 6. The normalized spacial score (nSPS) is 14.2. The summed E-state index contributed by atoms with van der Waals surface area (Å²) in [6.45, 7) is 1.73. The molecule has 0 saturated carbocycles. The molecule has 1 aromatic heterocycles. The van der Waals surface area contributed by atoms with E-state index in [4.69, 9.17) is 0 Å². The Kier molecular flexibility index (Phi) is 6.97. The van der Waals surface area contributed by atoms with Crippen LogP contribution in [0.5, 0.6) is 0 Å². The van der Waals surface area contributed by atoms with Gasteiger partial charge in [0, 0.05) is 31.4 Å². The van der Waals surface area contributed by atoms with Crippen molar-refractivity contribution < 1.29 is 18.4 Å². The Morgan fingerprint density at radius 3 is 2.68 bits per heavy atom. The molecule has 0 spiro atoms. The highest BCUT2D eigenvalue weighted by Crippen LogP contribution is 2.26. The SMILES string of the molecule is O=C(NCc1cccc(C(=O)N2CCCCC2)c1)c1cccnc1SC(F)F. The molecule has 1 saturated heterocycles. The number of carbonyl (C=O) groups excluding carboxylic acids is 2. The van der Waals surface area contributed by atoms with E-state index in [0.717, 1.165) is 37.9 Å². The molecule has 148 valence electrons. The Labute approximate surface area is 166 Å². The average Bonchev–Trinajstić information content (AvgIpc) is 2.72. The fourth-order valence-electron chi connectivity index (χ4n) is 3.11. The lowest BCUT2D eigenvalue weighted by atomic mass is 10.1. The summed E-state index contributed by atoms with van der Waals surface area (Å²) in [5, 5.41) is 2.70. The van der Waals surface area contributed by atoms with Crippen molar-refractivity contribution in [1.82, 2.24) is 15.2 Å². The number of halogens is 2. The number of likely N-dealkylation sites (tertiary alicyclic amines) is 1. The minimum absolute atomic E-state index is 0.00393. The van der Waals surface area contributed by atoms with E-state index < -0.39 is 11.7 Å². The molecule has 8 heteroatoms. The van der Waals surface area contributed by atoms with Crippen LogP contribution in [0.25, 0.3) is 0 Å². The number of thioether (sulfide) groups is 1. The fraction of sp³-hybridized carbons (Fsp3) is 0.350. The van der Waals surface area contributed by atoms with E-state index in [-0.39, 0.29) is 34.8 Å². The molecule has 28 heavy (non-hydrogen) atoms. The summed E-state index contributed by atoms with van der Waals surface area (Å²) in [5.41, 5.74) is 1.46. The highest BCUT2D eigenvalue weighted by molar-refractivity contribution is 7.99. The third-order valence-electron chi connectivity index (χ3n) is 4.49. The van der Waals surface area contributed by atoms with Gasteiger partial charge >= 0.3 is 0 Å². The van der Waals surface area contributed by atoms with Gasteiger partial charge in [0.05, 0.1) is 5.56 Å². The number of pyridine rings is 1. The van der Waals surface area contributed by atoms with Crippen molar-refractivity contribution in [1.29, 1.82) is 0 Å². The van der Waals surface area contributed by atoms with E-state index in [0.29, 0.717) is 5.56 Å². The third kappa shape index (κ3) is 5.28. The second kappa shape index (κ2) is 9.64. The van der Waals surface area contributed by atoms with Gasteiger partial charge in [0.2, 0.25) is 0 Å². The van der Waals surface area contributed by atoms with Gasteiger partial charge in [0.25, 0.3) is 17.6 Å². The van der Waals surface area contributed by atoms with Gasteiger partial charge < -0.3 is 10.2 Å². The van der Waals surface area contributed by atoms with Crippen LogP contribution in [0, 0.1) is 0 Å². The molecule has 1 aliphatic heterocycles. The number of benzene rings is 1. The van der Waals surface area contributed by atoms with E-state index in [1.165, 1.54) is 18.3 Å². The van der Waals surface area contributed by atoms with Crippen LogP contribution in [-0.2, 0) is 6.54 Å². The smallest absolute Gasteiger partial charge is 0.290 e. The van der Waals surface area contributed by atoms with E-state index in [9.17, 15) is 18.4 Å². The van der Waals surface area contributed by atoms with Gasteiger partial charge in [-0.3, -0.25) is 9.59 Å². The lowest BCUT2D eigenvalue weighted by Gasteiger charge is -2.26. The number of aromatic nitrogens is 1. The molecule has 0 radical (unpaired) electrons. The Hall–Kier alpha value is -2.48. The van der Waals surface area contributed by atoms with E-state index in [1.807, 2.05) is 11.0 Å². The van der Waals surface area contributed by atoms with Gasteiger partial charge in [-0.05, 0) is 60.9 Å². The number of amides is 2. The molecule has 5 nitrogen and oxygen atoms in total. The topological polar surface area (TPSA) is 62.3 Å². The molecule has 0 atom stereocenters. The summed E-state index contributed by atoms with van der Waals surface area (Å²) in [4.78, 5) is 30.7. The van der Waals surface area contributed by atoms with E-state index >= 15 is 0 Å². The van der Waals surface area contributed by atoms with Crippen molar-refractivity contribution in [3.8, 4) is 0 Å². The molecule has 1 aliphatic rings. The number of hydrogen-bond acceptors (Lipinski definition) is 4. The first-order valence-electron chi connectivity index (χ1n) is 9.11. The summed E-state index contributed by atoms with van der Waals surface area (Å²) in [7, 11) is 0. The molecule has 1 N–H and O–H groups in total. The number of hydrogen-bond donors (Lipinski definition) is 1. The molecule has 2 amide bonds. The predicted octanol–water partition coefficient (Wildman–Crippen LogP) is 3.95. The van der Waals surface area contributed by atoms with Crippen molar-refractivity contribution in [3.05, 3.63) is 59.3 Å². The maximum Gasteiger partial charge on any atom is 0.290 e. The van der Waals surface area contributed by atoms with Crippen LogP contribution < -0.4 is 5.32 Å². The molecule has 2 aromatic rings. The predicted molar refractivity (Wildman–Crippen MR) is 103 cm³/mol. The van der Waals surface area contributed by atoms with Crippen molar-refractivity contribution in [2.45, 2.75) is 36.6 Å². The van der Waals surface area contributed by atoms with Crippen LogP contribution in [0.3, 0.4) is 0 Å². The maximum atomic E-state index is 12.6. The highest BCUT2D eigenvalue weighted by Gasteiger charge is 2.19. The third-order valence-corrected chi connectivity index (χ3v) is 5.21. The zero-order chi connectivity index (χ0) is 19.9. The average molecular weight is 405 g/mol. The number of piperidine rings is 1. The van der Waals surface area contributed by atoms with Crippen LogP contribution in [0.1, 0.15) is 45.5 Å². The zero-order valence-corrected chi connectivity index (χ0v) is 16.1. The lowest BCUT2D eigenvalue weighted by Crippen LogP contribution is -2.35. The molecule has 1 aromatic carbocycles. The minimum Gasteiger partial charge on any atom is -0.348 e. The minimum atomic E-state index is -2.65. The number of nitrogens with zero attached hydrogens (tertiary/aromatic N) is 2. The monoisotopic (exact) mass is 405 g/mol. The molecule has 3 rings (SSSR count). The molecule has 0 aliphatic carbocycles. The van der Waals surface area contributed by atoms with Gasteiger partial charge in [0.15, 0.2) is 0 Å². The maximum absolute atomic E-state index is 12.6. The summed E-state index contributed by atoms with van der Waals surface area (Å²) in [6.07, 6.45) is 4.56. The molecule has 1 fully saturated rings. The standard InChI is InChI=1S/C20H21F2N3O2S/c21-20(22)28-18-16(8-5-9-23-18)17(26)24-13-14-6-4-7-15(12-14)19(27)25-10-2-1-3-11-25/h4-9,12,20H,1-3,10-11,13H2,(H,24,26). The number of alkyl halides is 2. The van der Waals surface area contributed by atoms with Gasteiger partial charge in [-0.1, -0.05) is 12.1 Å². The van der Waals surface area contributed by atoms with Crippen LogP contribution in [0.2, 0.25) is 0 Å². The zero-order valence-electron chi connectivity index (χ0n) is 15.2. The largest absolute Gasteiger partial charge is 0.348 e. The molecular formula is C20H21F2N3O2S. The van der Waals surface area contributed by atoms with Crippen molar-refractivity contribution >= 4 is 23.6 Å². The highest BCUT2D eigenvalue weighted by atomic mass is 32.2. The Bertz CT molecular complexity index is 842. The first kappa shape index (κ1) is 20.3. The van der Waals surface area contributed by atoms with Gasteiger partial charge in [-0.15, -0.1) is 0 Å². The molecule has 0 bridgehead atoms. The molecular weight excluding hydrogens is 384 g/mol. The van der Waals surface area contributed by atoms with Crippen LogP contribution in [-0.4, -0.2) is 40.5 Å². The van der Waals surface area contributed by atoms with Crippen LogP contribution in [0.15, 0.2) is 47.6 Å². The van der Waals surface area contributed by atoms with Crippen LogP contribution >= 0.6 is 11.8 Å². The summed E-state index contributed by atoms with van der Waals surface area (Å²) in [5.74, 6) is -3.14. The Balaban J connectivity index is 1.65.